The maximum Gasteiger partial charge on any atom is 0.351 e. The van der Waals surface area contributed by atoms with E-state index in [1.165, 1.54) is 14.2 Å². The number of aromatic nitrogens is 2. The van der Waals surface area contributed by atoms with Gasteiger partial charge in [0.2, 0.25) is 11.6 Å². The number of methoxy groups -OCH3 is 2. The van der Waals surface area contributed by atoms with Gasteiger partial charge in [-0.3, -0.25) is 4.98 Å². The Morgan fingerprint density at radius 3 is 2.24 bits per heavy atom. The average Bonchev–Trinajstić information content (AvgIpc) is 2.63. The minimum absolute atomic E-state index is 0.0589. The molecule has 3 aromatic rings. The highest BCUT2D eigenvalue weighted by atomic mass is 16.5. The second kappa shape index (κ2) is 7.39. The Labute approximate surface area is 144 Å². The summed E-state index contributed by atoms with van der Waals surface area (Å²) >= 11 is 0. The van der Waals surface area contributed by atoms with Crippen LogP contribution in [0.3, 0.4) is 0 Å². The third kappa shape index (κ3) is 3.89. The molecule has 0 fully saturated rings. The Hall–Kier alpha value is -3.48. The summed E-state index contributed by atoms with van der Waals surface area (Å²) in [5, 5.41) is 3.28. The number of aromatic amines is 1. The topological polar surface area (TPSA) is 85.5 Å². The molecule has 128 valence electrons. The summed E-state index contributed by atoms with van der Waals surface area (Å²) in [6.45, 7) is 0. The van der Waals surface area contributed by atoms with Crippen LogP contribution in [-0.2, 0) is 0 Å². The molecule has 0 spiro atoms. The lowest BCUT2D eigenvalue weighted by Gasteiger charge is -2.12. The van der Waals surface area contributed by atoms with E-state index in [9.17, 15) is 4.79 Å². The standard InChI is InChI=1S/C18H17N3O4/c1-23-15-16(24-2)20-18(22)21-17(15)25-14-10-8-13(9-11-14)19-12-6-4-3-5-7-12/h3-11,19H,1-2H3,(H,20,21,22). The van der Waals surface area contributed by atoms with Crippen LogP contribution in [0, 0.1) is 0 Å². The molecule has 2 N–H and O–H groups in total. The Morgan fingerprint density at radius 1 is 0.920 bits per heavy atom. The number of anilines is 2. The molecule has 2 aromatic carbocycles. The van der Waals surface area contributed by atoms with Crippen LogP contribution in [0.5, 0.6) is 23.3 Å². The van der Waals surface area contributed by atoms with Gasteiger partial charge in [-0.05, 0) is 36.4 Å². The van der Waals surface area contributed by atoms with Crippen molar-refractivity contribution >= 4 is 11.4 Å². The Bertz CT molecular complexity index is 892. The van der Waals surface area contributed by atoms with Crippen LogP contribution in [0.1, 0.15) is 0 Å². The predicted octanol–water partition coefficient (Wildman–Crippen LogP) is 3.32. The molecular weight excluding hydrogens is 322 g/mol. The van der Waals surface area contributed by atoms with Crippen LogP contribution in [-0.4, -0.2) is 24.2 Å². The Balaban J connectivity index is 1.80. The van der Waals surface area contributed by atoms with Gasteiger partial charge in [-0.1, -0.05) is 18.2 Å². The van der Waals surface area contributed by atoms with E-state index in [2.05, 4.69) is 15.3 Å². The van der Waals surface area contributed by atoms with Crippen LogP contribution < -0.4 is 25.2 Å². The summed E-state index contributed by atoms with van der Waals surface area (Å²) in [5.74, 6) is 0.932. The number of H-pyrrole nitrogens is 1. The first kappa shape index (κ1) is 16.4. The molecule has 0 radical (unpaired) electrons. The minimum atomic E-state index is -0.588. The van der Waals surface area contributed by atoms with Crippen LogP contribution >= 0.6 is 0 Å². The number of benzene rings is 2. The monoisotopic (exact) mass is 339 g/mol. The van der Waals surface area contributed by atoms with Crippen molar-refractivity contribution in [1.82, 2.24) is 9.97 Å². The molecular formula is C18H17N3O4. The molecule has 0 saturated carbocycles. The number of para-hydroxylation sites is 1. The number of hydrogen-bond donors (Lipinski definition) is 2. The molecule has 7 heteroatoms. The molecule has 3 rings (SSSR count). The zero-order valence-corrected chi connectivity index (χ0v) is 13.8. The third-order valence-electron chi connectivity index (χ3n) is 3.36. The van der Waals surface area contributed by atoms with E-state index in [0.29, 0.717) is 5.75 Å². The highest BCUT2D eigenvalue weighted by molar-refractivity contribution is 5.60. The summed E-state index contributed by atoms with van der Waals surface area (Å²) in [5.41, 5.74) is 1.31. The lowest BCUT2D eigenvalue weighted by molar-refractivity contribution is 0.318. The van der Waals surface area contributed by atoms with Crippen molar-refractivity contribution in [1.29, 1.82) is 0 Å². The number of ether oxygens (including phenoxy) is 3. The first-order valence-electron chi connectivity index (χ1n) is 7.52. The van der Waals surface area contributed by atoms with Crippen molar-refractivity contribution < 1.29 is 14.2 Å². The summed E-state index contributed by atoms with van der Waals surface area (Å²) in [6, 6.07) is 17.1. The van der Waals surface area contributed by atoms with Gasteiger partial charge in [0, 0.05) is 11.4 Å². The molecule has 0 aliphatic heterocycles. The first-order valence-corrected chi connectivity index (χ1v) is 7.52. The Morgan fingerprint density at radius 2 is 1.60 bits per heavy atom. The zero-order valence-electron chi connectivity index (χ0n) is 13.8. The lowest BCUT2D eigenvalue weighted by atomic mass is 10.2. The van der Waals surface area contributed by atoms with Crippen LogP contribution in [0.2, 0.25) is 0 Å². The maximum absolute atomic E-state index is 11.6. The average molecular weight is 339 g/mol. The molecule has 0 atom stereocenters. The summed E-state index contributed by atoms with van der Waals surface area (Å²) in [7, 11) is 2.84. The number of rotatable bonds is 6. The van der Waals surface area contributed by atoms with Crippen LogP contribution in [0.4, 0.5) is 11.4 Å². The summed E-state index contributed by atoms with van der Waals surface area (Å²) in [4.78, 5) is 17.8. The van der Waals surface area contributed by atoms with Crippen molar-refractivity contribution in [3.63, 3.8) is 0 Å². The molecule has 0 aliphatic rings. The van der Waals surface area contributed by atoms with Gasteiger partial charge >= 0.3 is 5.69 Å². The fraction of sp³-hybridized carbons (Fsp3) is 0.111. The molecule has 25 heavy (non-hydrogen) atoms. The minimum Gasteiger partial charge on any atom is -0.487 e. The van der Waals surface area contributed by atoms with E-state index in [-0.39, 0.29) is 17.5 Å². The van der Waals surface area contributed by atoms with Gasteiger partial charge in [0.05, 0.1) is 14.2 Å². The van der Waals surface area contributed by atoms with E-state index in [1.807, 2.05) is 42.5 Å². The molecule has 1 heterocycles. The lowest BCUT2D eigenvalue weighted by Crippen LogP contribution is -2.13. The quantitative estimate of drug-likeness (QED) is 0.716. The van der Waals surface area contributed by atoms with Crippen molar-refractivity contribution in [3.8, 4) is 23.3 Å². The molecule has 0 saturated heterocycles. The molecule has 1 aromatic heterocycles. The molecule has 0 aliphatic carbocycles. The second-order valence-electron chi connectivity index (χ2n) is 5.03. The molecule has 7 nitrogen and oxygen atoms in total. The SMILES string of the molecule is COc1nc(=O)[nH]c(Oc2ccc(Nc3ccccc3)cc2)c1OC. The van der Waals surface area contributed by atoms with Crippen molar-refractivity contribution in [2.24, 2.45) is 0 Å². The van der Waals surface area contributed by atoms with Crippen molar-refractivity contribution in [2.45, 2.75) is 0 Å². The number of hydrogen-bond acceptors (Lipinski definition) is 6. The fourth-order valence-corrected chi connectivity index (χ4v) is 2.22. The number of nitrogens with zero attached hydrogens (tertiary/aromatic N) is 1. The van der Waals surface area contributed by atoms with Gasteiger partial charge in [0.1, 0.15) is 5.75 Å². The van der Waals surface area contributed by atoms with E-state index in [0.717, 1.165) is 11.4 Å². The molecule has 0 unspecified atom stereocenters. The smallest absolute Gasteiger partial charge is 0.351 e. The third-order valence-corrected chi connectivity index (χ3v) is 3.36. The van der Waals surface area contributed by atoms with Gasteiger partial charge in [-0.2, -0.15) is 4.98 Å². The van der Waals surface area contributed by atoms with Crippen molar-refractivity contribution in [3.05, 3.63) is 65.1 Å². The largest absolute Gasteiger partial charge is 0.487 e. The molecule has 0 amide bonds. The van der Waals surface area contributed by atoms with E-state index < -0.39 is 5.69 Å². The Kier molecular flexibility index (Phi) is 4.84. The van der Waals surface area contributed by atoms with Gasteiger partial charge in [-0.25, -0.2) is 4.79 Å². The van der Waals surface area contributed by atoms with Crippen LogP contribution in [0.25, 0.3) is 0 Å². The summed E-state index contributed by atoms with van der Waals surface area (Å²) < 4.78 is 15.9. The van der Waals surface area contributed by atoms with Crippen LogP contribution in [0.15, 0.2) is 59.4 Å². The highest BCUT2D eigenvalue weighted by Gasteiger charge is 2.16. The van der Waals surface area contributed by atoms with Gasteiger partial charge < -0.3 is 19.5 Å². The summed E-state index contributed by atoms with van der Waals surface area (Å²) in [6.07, 6.45) is 0. The number of nitrogens with one attached hydrogen (secondary N) is 2. The van der Waals surface area contributed by atoms with Gasteiger partial charge in [0.15, 0.2) is 0 Å². The van der Waals surface area contributed by atoms with Gasteiger partial charge in [-0.15, -0.1) is 0 Å². The normalized spacial score (nSPS) is 10.2. The van der Waals surface area contributed by atoms with Gasteiger partial charge in [0.25, 0.3) is 5.88 Å². The predicted molar refractivity (Wildman–Crippen MR) is 94.2 cm³/mol. The zero-order chi connectivity index (χ0) is 17.6. The van der Waals surface area contributed by atoms with E-state index in [4.69, 9.17) is 14.2 Å². The maximum atomic E-state index is 11.6. The first-order chi connectivity index (χ1) is 12.2. The van der Waals surface area contributed by atoms with E-state index in [1.54, 1.807) is 12.1 Å². The molecule has 0 bridgehead atoms. The highest BCUT2D eigenvalue weighted by Crippen LogP contribution is 2.34. The van der Waals surface area contributed by atoms with E-state index >= 15 is 0 Å². The van der Waals surface area contributed by atoms with Crippen molar-refractivity contribution in [2.75, 3.05) is 19.5 Å². The fourth-order valence-electron chi connectivity index (χ4n) is 2.22. The second-order valence-corrected chi connectivity index (χ2v) is 5.03.